The van der Waals surface area contributed by atoms with Gasteiger partial charge in [0.05, 0.1) is 36.6 Å². The van der Waals surface area contributed by atoms with Crippen LogP contribution in [-0.2, 0) is 13.1 Å². The molecular weight excluding hydrogens is 305 g/mol. The molecule has 2 heterocycles. The standard InChI is InChI=1S/C12H15F3N4O3/c1-6-4-19-9(5-18(6)11(21)22)8(3-16-19)10(20)17-7(2)12(13,14)15/h3,6-7H,4-5H2,1-2H3,(H,17,20)(H,21,22). The second-order valence-corrected chi connectivity index (χ2v) is 5.18. The van der Waals surface area contributed by atoms with Crippen LogP contribution in [0.4, 0.5) is 18.0 Å². The zero-order valence-corrected chi connectivity index (χ0v) is 11.9. The fraction of sp³-hybridized carbons (Fsp3) is 0.583. The predicted molar refractivity (Wildman–Crippen MR) is 68.2 cm³/mol. The topological polar surface area (TPSA) is 87.5 Å². The molecular formula is C12H15F3N4O3. The van der Waals surface area contributed by atoms with E-state index in [0.717, 1.165) is 18.0 Å². The van der Waals surface area contributed by atoms with Crippen molar-refractivity contribution in [1.82, 2.24) is 20.0 Å². The van der Waals surface area contributed by atoms with Crippen LogP contribution < -0.4 is 5.32 Å². The summed E-state index contributed by atoms with van der Waals surface area (Å²) in [5.41, 5.74) is 0.238. The average Bonchev–Trinajstić information content (AvgIpc) is 2.78. The van der Waals surface area contributed by atoms with Crippen molar-refractivity contribution in [2.24, 2.45) is 0 Å². The van der Waals surface area contributed by atoms with Crippen LogP contribution in [0.5, 0.6) is 0 Å². The Bertz CT molecular complexity index is 599. The Kier molecular flexibility index (Phi) is 4.03. The van der Waals surface area contributed by atoms with Crippen molar-refractivity contribution in [3.05, 3.63) is 17.5 Å². The minimum Gasteiger partial charge on any atom is -0.465 e. The number of carboxylic acid groups (broad SMARTS) is 1. The summed E-state index contributed by atoms with van der Waals surface area (Å²) in [6.45, 7) is 2.66. The third kappa shape index (κ3) is 3.00. The Morgan fingerprint density at radius 1 is 1.50 bits per heavy atom. The highest BCUT2D eigenvalue weighted by Gasteiger charge is 2.38. The van der Waals surface area contributed by atoms with E-state index < -0.39 is 24.2 Å². The first-order chi connectivity index (χ1) is 10.1. The van der Waals surface area contributed by atoms with E-state index >= 15 is 0 Å². The van der Waals surface area contributed by atoms with Crippen molar-refractivity contribution in [2.75, 3.05) is 0 Å². The molecule has 10 heteroatoms. The van der Waals surface area contributed by atoms with Gasteiger partial charge in [0.15, 0.2) is 0 Å². The lowest BCUT2D eigenvalue weighted by molar-refractivity contribution is -0.149. The Morgan fingerprint density at radius 2 is 2.14 bits per heavy atom. The van der Waals surface area contributed by atoms with E-state index in [2.05, 4.69) is 5.10 Å². The lowest BCUT2D eigenvalue weighted by Gasteiger charge is -2.32. The number of alkyl halides is 3. The Labute approximate surface area is 123 Å². The number of halogens is 3. The maximum absolute atomic E-state index is 12.5. The number of hydrogen-bond acceptors (Lipinski definition) is 3. The highest BCUT2D eigenvalue weighted by atomic mass is 19.4. The maximum atomic E-state index is 12.5. The molecule has 2 unspecified atom stereocenters. The number of hydrogen-bond donors (Lipinski definition) is 2. The highest BCUT2D eigenvalue weighted by molar-refractivity contribution is 5.95. The summed E-state index contributed by atoms with van der Waals surface area (Å²) in [6, 6.07) is -2.34. The van der Waals surface area contributed by atoms with Gasteiger partial charge in [-0.05, 0) is 13.8 Å². The van der Waals surface area contributed by atoms with Crippen molar-refractivity contribution in [1.29, 1.82) is 0 Å². The van der Waals surface area contributed by atoms with Gasteiger partial charge in [-0.3, -0.25) is 14.4 Å². The first-order valence-electron chi connectivity index (χ1n) is 6.53. The van der Waals surface area contributed by atoms with Gasteiger partial charge in [0.1, 0.15) is 6.04 Å². The van der Waals surface area contributed by atoms with E-state index in [1.54, 1.807) is 6.92 Å². The van der Waals surface area contributed by atoms with Gasteiger partial charge in [0.25, 0.3) is 5.91 Å². The van der Waals surface area contributed by atoms with Crippen molar-refractivity contribution in [3.8, 4) is 0 Å². The lowest BCUT2D eigenvalue weighted by Crippen LogP contribution is -2.46. The molecule has 1 aliphatic rings. The zero-order chi connectivity index (χ0) is 16.7. The number of aromatic nitrogens is 2. The normalized spacial score (nSPS) is 19.5. The molecule has 0 spiro atoms. The molecule has 2 rings (SSSR count). The molecule has 2 atom stereocenters. The van der Waals surface area contributed by atoms with Crippen LogP contribution >= 0.6 is 0 Å². The first-order valence-corrected chi connectivity index (χ1v) is 6.53. The van der Waals surface area contributed by atoms with E-state index in [1.807, 2.05) is 5.32 Å². The van der Waals surface area contributed by atoms with Crippen LogP contribution in [0.25, 0.3) is 0 Å². The van der Waals surface area contributed by atoms with Gasteiger partial charge in [0.2, 0.25) is 0 Å². The molecule has 0 aliphatic carbocycles. The van der Waals surface area contributed by atoms with Gasteiger partial charge < -0.3 is 10.4 Å². The molecule has 0 radical (unpaired) electrons. The van der Waals surface area contributed by atoms with Crippen molar-refractivity contribution in [2.45, 2.75) is 45.2 Å². The van der Waals surface area contributed by atoms with E-state index in [4.69, 9.17) is 5.11 Å². The molecule has 2 amide bonds. The van der Waals surface area contributed by atoms with Gasteiger partial charge in [-0.15, -0.1) is 0 Å². The lowest BCUT2D eigenvalue weighted by atomic mass is 10.1. The monoisotopic (exact) mass is 320 g/mol. The van der Waals surface area contributed by atoms with Gasteiger partial charge in [-0.2, -0.15) is 18.3 Å². The van der Waals surface area contributed by atoms with Gasteiger partial charge in [-0.1, -0.05) is 0 Å². The second-order valence-electron chi connectivity index (χ2n) is 5.18. The molecule has 0 fully saturated rings. The fourth-order valence-electron chi connectivity index (χ4n) is 2.20. The quantitative estimate of drug-likeness (QED) is 0.863. The van der Waals surface area contributed by atoms with E-state index in [0.29, 0.717) is 0 Å². The smallest absolute Gasteiger partial charge is 0.408 e. The second kappa shape index (κ2) is 5.50. The molecule has 0 bridgehead atoms. The minimum absolute atomic E-state index is 0.0470. The third-order valence-corrected chi connectivity index (χ3v) is 3.57. The summed E-state index contributed by atoms with van der Waals surface area (Å²) in [5.74, 6) is -0.925. The summed E-state index contributed by atoms with van der Waals surface area (Å²) >= 11 is 0. The molecule has 0 saturated carbocycles. The van der Waals surface area contributed by atoms with Crippen LogP contribution in [0.1, 0.15) is 29.9 Å². The van der Waals surface area contributed by atoms with E-state index in [-0.39, 0.29) is 30.4 Å². The van der Waals surface area contributed by atoms with Gasteiger partial charge in [0, 0.05) is 0 Å². The molecule has 0 saturated heterocycles. The van der Waals surface area contributed by atoms with Crippen LogP contribution in [0, 0.1) is 0 Å². The highest BCUT2D eigenvalue weighted by Crippen LogP contribution is 2.23. The molecule has 1 aromatic rings. The molecule has 2 N–H and O–H groups in total. The Hall–Kier alpha value is -2.26. The summed E-state index contributed by atoms with van der Waals surface area (Å²) in [5, 5.41) is 14.9. The zero-order valence-electron chi connectivity index (χ0n) is 11.9. The number of carbonyl (C=O) groups excluding carboxylic acids is 1. The Morgan fingerprint density at radius 3 is 2.68 bits per heavy atom. The molecule has 22 heavy (non-hydrogen) atoms. The molecule has 7 nitrogen and oxygen atoms in total. The first kappa shape index (κ1) is 16.1. The molecule has 0 aromatic carbocycles. The van der Waals surface area contributed by atoms with Crippen LogP contribution in [0.2, 0.25) is 0 Å². The van der Waals surface area contributed by atoms with Crippen LogP contribution in [-0.4, -0.2) is 50.0 Å². The number of nitrogens with zero attached hydrogens (tertiary/aromatic N) is 3. The van der Waals surface area contributed by atoms with Gasteiger partial charge in [-0.25, -0.2) is 4.79 Å². The summed E-state index contributed by atoms with van der Waals surface area (Å²) in [4.78, 5) is 24.2. The van der Waals surface area contributed by atoms with Crippen molar-refractivity contribution >= 4 is 12.0 Å². The molecule has 122 valence electrons. The van der Waals surface area contributed by atoms with Crippen molar-refractivity contribution < 1.29 is 27.9 Å². The summed E-state index contributed by atoms with van der Waals surface area (Å²) in [7, 11) is 0. The summed E-state index contributed by atoms with van der Waals surface area (Å²) < 4.78 is 38.9. The number of nitrogens with one attached hydrogen (secondary N) is 1. The van der Waals surface area contributed by atoms with Crippen LogP contribution in [0.15, 0.2) is 6.20 Å². The minimum atomic E-state index is -4.55. The third-order valence-electron chi connectivity index (χ3n) is 3.57. The molecule has 1 aromatic heterocycles. The van der Waals surface area contributed by atoms with Crippen molar-refractivity contribution in [3.63, 3.8) is 0 Å². The summed E-state index contributed by atoms with van der Waals surface area (Å²) in [6.07, 6.45) is -4.55. The van der Waals surface area contributed by atoms with E-state index in [1.165, 1.54) is 4.68 Å². The van der Waals surface area contributed by atoms with Gasteiger partial charge >= 0.3 is 12.3 Å². The number of fused-ring (bicyclic) bond motifs is 1. The predicted octanol–water partition coefficient (Wildman–Crippen LogP) is 1.45. The average molecular weight is 320 g/mol. The fourth-order valence-corrected chi connectivity index (χ4v) is 2.20. The SMILES string of the molecule is CC1Cn2ncc(C(=O)NC(C)C(F)(F)F)c2CN1C(=O)O. The number of rotatable bonds is 2. The molecule has 1 aliphatic heterocycles. The number of carbonyl (C=O) groups is 2. The Balaban J connectivity index is 2.22. The van der Waals surface area contributed by atoms with Crippen LogP contribution in [0.3, 0.4) is 0 Å². The largest absolute Gasteiger partial charge is 0.465 e. The number of amides is 2. The van der Waals surface area contributed by atoms with E-state index in [9.17, 15) is 22.8 Å². The maximum Gasteiger partial charge on any atom is 0.408 e.